The average molecular weight is 516 g/mol. The largest absolute Gasteiger partial charge is 0.507 e. The van der Waals surface area contributed by atoms with Crippen molar-refractivity contribution >= 4 is 29.1 Å². The molecule has 0 aliphatic carbocycles. The van der Waals surface area contributed by atoms with E-state index in [9.17, 15) is 19.5 Å². The standard InChI is InChI=1S/C30H29NO7/c1-18(2)17-37-24-9-6-8-21(16-24)28(33)26-27(20-7-5-10-25(15-20)38-19(3)32)31(30(35)29(26)34)22-11-13-23(36-4)14-12-22/h5-16,18,27,33H,17H2,1-4H3/b28-26-. The number of carbonyl (C=O) groups excluding carboxylic acids is 3. The van der Waals surface area contributed by atoms with Gasteiger partial charge in [0.2, 0.25) is 0 Å². The van der Waals surface area contributed by atoms with Crippen molar-refractivity contribution in [1.29, 1.82) is 0 Å². The van der Waals surface area contributed by atoms with Gasteiger partial charge in [-0.1, -0.05) is 38.1 Å². The Morgan fingerprint density at radius 1 is 0.947 bits per heavy atom. The van der Waals surface area contributed by atoms with Crippen LogP contribution in [-0.2, 0) is 14.4 Å². The van der Waals surface area contributed by atoms with Crippen molar-refractivity contribution in [1.82, 2.24) is 0 Å². The number of ketones is 1. The minimum absolute atomic E-state index is 0.0909. The molecule has 1 aliphatic rings. The number of methoxy groups -OCH3 is 1. The highest BCUT2D eigenvalue weighted by Gasteiger charge is 2.47. The Kier molecular flexibility index (Phi) is 7.81. The molecule has 0 aromatic heterocycles. The Hall–Kier alpha value is -4.59. The number of ether oxygens (including phenoxy) is 3. The molecule has 1 unspecified atom stereocenters. The smallest absolute Gasteiger partial charge is 0.308 e. The molecule has 3 aromatic carbocycles. The molecule has 1 amide bonds. The Bertz CT molecular complexity index is 1390. The van der Waals surface area contributed by atoms with Gasteiger partial charge >= 0.3 is 5.97 Å². The van der Waals surface area contributed by atoms with Crippen LogP contribution in [0.25, 0.3) is 5.76 Å². The minimum atomic E-state index is -0.987. The van der Waals surface area contributed by atoms with Gasteiger partial charge in [-0.15, -0.1) is 0 Å². The van der Waals surface area contributed by atoms with Crippen LogP contribution in [-0.4, -0.2) is 36.5 Å². The lowest BCUT2D eigenvalue weighted by Gasteiger charge is -2.26. The predicted molar refractivity (Wildman–Crippen MR) is 142 cm³/mol. The first-order chi connectivity index (χ1) is 18.2. The van der Waals surface area contributed by atoms with Gasteiger partial charge in [-0.3, -0.25) is 19.3 Å². The summed E-state index contributed by atoms with van der Waals surface area (Å²) in [6.07, 6.45) is 0. The van der Waals surface area contributed by atoms with Crippen molar-refractivity contribution in [3.8, 4) is 17.2 Å². The van der Waals surface area contributed by atoms with Crippen molar-refractivity contribution in [2.24, 2.45) is 5.92 Å². The van der Waals surface area contributed by atoms with E-state index < -0.39 is 23.7 Å². The summed E-state index contributed by atoms with van der Waals surface area (Å²) in [5, 5.41) is 11.4. The predicted octanol–water partition coefficient (Wildman–Crippen LogP) is 5.28. The number of hydrogen-bond acceptors (Lipinski definition) is 7. The van der Waals surface area contributed by atoms with E-state index in [0.717, 1.165) is 0 Å². The van der Waals surface area contributed by atoms with Crippen LogP contribution in [0.2, 0.25) is 0 Å². The van der Waals surface area contributed by atoms with E-state index in [-0.39, 0.29) is 17.1 Å². The lowest BCUT2D eigenvalue weighted by Crippen LogP contribution is -2.29. The number of anilines is 1. The summed E-state index contributed by atoms with van der Waals surface area (Å²) in [6, 6.07) is 19.0. The number of aliphatic hydroxyl groups excluding tert-OH is 1. The normalized spacial score (nSPS) is 16.6. The third-order valence-electron chi connectivity index (χ3n) is 5.92. The molecule has 1 aliphatic heterocycles. The molecule has 196 valence electrons. The van der Waals surface area contributed by atoms with Crippen molar-refractivity contribution < 1.29 is 33.7 Å². The van der Waals surface area contributed by atoms with Crippen LogP contribution in [0.5, 0.6) is 17.2 Å². The number of aliphatic hydroxyl groups is 1. The summed E-state index contributed by atoms with van der Waals surface area (Å²) in [5.74, 6) is -0.827. The minimum Gasteiger partial charge on any atom is -0.507 e. The number of rotatable bonds is 8. The average Bonchev–Trinajstić information content (AvgIpc) is 3.17. The fraction of sp³-hybridized carbons (Fsp3) is 0.233. The molecule has 0 saturated carbocycles. The summed E-state index contributed by atoms with van der Waals surface area (Å²) in [4.78, 5) is 39.7. The second-order valence-electron chi connectivity index (χ2n) is 9.27. The lowest BCUT2D eigenvalue weighted by atomic mass is 9.95. The number of amides is 1. The van der Waals surface area contributed by atoms with Crippen LogP contribution >= 0.6 is 0 Å². The molecule has 8 nitrogen and oxygen atoms in total. The van der Waals surface area contributed by atoms with Gasteiger partial charge in [-0.05, 0) is 60.0 Å². The zero-order valence-corrected chi connectivity index (χ0v) is 21.6. The molecule has 1 fully saturated rings. The van der Waals surface area contributed by atoms with Crippen LogP contribution in [0.3, 0.4) is 0 Å². The summed E-state index contributed by atoms with van der Waals surface area (Å²) >= 11 is 0. The zero-order valence-electron chi connectivity index (χ0n) is 21.6. The van der Waals surface area contributed by atoms with E-state index in [4.69, 9.17) is 14.2 Å². The molecule has 8 heteroatoms. The molecule has 0 spiro atoms. The summed E-state index contributed by atoms with van der Waals surface area (Å²) in [7, 11) is 1.53. The van der Waals surface area contributed by atoms with Crippen molar-refractivity contribution in [2.75, 3.05) is 18.6 Å². The highest BCUT2D eigenvalue weighted by molar-refractivity contribution is 6.51. The van der Waals surface area contributed by atoms with E-state index in [2.05, 4.69) is 0 Å². The lowest BCUT2D eigenvalue weighted by molar-refractivity contribution is -0.132. The summed E-state index contributed by atoms with van der Waals surface area (Å²) in [5.41, 5.74) is 1.16. The van der Waals surface area contributed by atoms with Crippen LogP contribution < -0.4 is 19.1 Å². The number of Topliss-reactive ketones (excluding diaryl/α,β-unsaturated/α-hetero) is 1. The number of nitrogens with zero attached hydrogens (tertiary/aromatic N) is 1. The summed E-state index contributed by atoms with van der Waals surface area (Å²) < 4.78 is 16.3. The quantitative estimate of drug-likeness (QED) is 0.143. The van der Waals surface area contributed by atoms with Crippen LogP contribution in [0.15, 0.2) is 78.4 Å². The first-order valence-corrected chi connectivity index (χ1v) is 12.2. The third-order valence-corrected chi connectivity index (χ3v) is 5.92. The highest BCUT2D eigenvalue weighted by atomic mass is 16.5. The molecule has 0 bridgehead atoms. The molecular weight excluding hydrogens is 486 g/mol. The Balaban J connectivity index is 1.87. The molecular formula is C30H29NO7. The second kappa shape index (κ2) is 11.2. The highest BCUT2D eigenvalue weighted by Crippen LogP contribution is 2.43. The van der Waals surface area contributed by atoms with E-state index in [0.29, 0.717) is 40.8 Å². The Morgan fingerprint density at radius 3 is 2.29 bits per heavy atom. The molecule has 1 atom stereocenters. The fourth-order valence-electron chi connectivity index (χ4n) is 4.22. The van der Waals surface area contributed by atoms with E-state index in [1.165, 1.54) is 18.9 Å². The van der Waals surface area contributed by atoms with Gasteiger partial charge in [-0.25, -0.2) is 0 Å². The van der Waals surface area contributed by atoms with Crippen LogP contribution in [0, 0.1) is 5.92 Å². The molecule has 1 heterocycles. The Labute approximate surface area is 221 Å². The van der Waals surface area contributed by atoms with Crippen molar-refractivity contribution in [3.63, 3.8) is 0 Å². The van der Waals surface area contributed by atoms with Gasteiger partial charge in [0.15, 0.2) is 0 Å². The Morgan fingerprint density at radius 2 is 1.63 bits per heavy atom. The van der Waals surface area contributed by atoms with E-state index >= 15 is 0 Å². The molecule has 38 heavy (non-hydrogen) atoms. The topological polar surface area (TPSA) is 102 Å². The van der Waals surface area contributed by atoms with E-state index in [1.807, 2.05) is 13.8 Å². The van der Waals surface area contributed by atoms with Crippen LogP contribution in [0.4, 0.5) is 5.69 Å². The maximum atomic E-state index is 13.4. The van der Waals surface area contributed by atoms with Gasteiger partial charge in [0.05, 0.1) is 25.3 Å². The number of benzene rings is 3. The second-order valence-corrected chi connectivity index (χ2v) is 9.27. The van der Waals surface area contributed by atoms with Crippen LogP contribution in [0.1, 0.15) is 37.9 Å². The fourth-order valence-corrected chi connectivity index (χ4v) is 4.22. The van der Waals surface area contributed by atoms with Gasteiger partial charge in [0.1, 0.15) is 23.0 Å². The number of hydrogen-bond donors (Lipinski definition) is 1. The maximum Gasteiger partial charge on any atom is 0.308 e. The van der Waals surface area contributed by atoms with Crippen molar-refractivity contribution in [3.05, 3.63) is 89.5 Å². The molecule has 0 radical (unpaired) electrons. The maximum absolute atomic E-state index is 13.4. The molecule has 3 aromatic rings. The monoisotopic (exact) mass is 515 g/mol. The van der Waals surface area contributed by atoms with E-state index in [1.54, 1.807) is 72.8 Å². The SMILES string of the molecule is COc1ccc(N2C(=O)C(=O)/C(=C(\O)c3cccc(OCC(C)C)c3)C2c2cccc(OC(C)=O)c2)cc1. The van der Waals surface area contributed by atoms with Crippen molar-refractivity contribution in [2.45, 2.75) is 26.8 Å². The molecule has 1 N–H and O–H groups in total. The van der Waals surface area contributed by atoms with Gasteiger partial charge < -0.3 is 19.3 Å². The number of esters is 1. The zero-order chi connectivity index (χ0) is 27.4. The van der Waals surface area contributed by atoms with Gasteiger partial charge in [0.25, 0.3) is 11.7 Å². The molecule has 1 saturated heterocycles. The first-order valence-electron chi connectivity index (χ1n) is 12.2. The van der Waals surface area contributed by atoms with Gasteiger partial charge in [-0.2, -0.15) is 0 Å². The first kappa shape index (κ1) is 26.5. The molecule has 4 rings (SSSR count). The summed E-state index contributed by atoms with van der Waals surface area (Å²) in [6.45, 7) is 5.81. The number of carbonyl (C=O) groups is 3. The third kappa shape index (κ3) is 5.54. The van der Waals surface area contributed by atoms with Gasteiger partial charge in [0, 0.05) is 18.2 Å².